The quantitative estimate of drug-likeness (QED) is 0.758. The maximum Gasteiger partial charge on any atom is 0.246 e. The second kappa shape index (κ2) is 8.05. The third-order valence-corrected chi connectivity index (χ3v) is 4.57. The summed E-state index contributed by atoms with van der Waals surface area (Å²) in [5.41, 5.74) is 4.02. The van der Waals surface area contributed by atoms with Gasteiger partial charge in [-0.3, -0.25) is 9.48 Å². The molecule has 1 aliphatic rings. The lowest BCUT2D eigenvalue weighted by Gasteiger charge is -2.28. The molecule has 0 saturated carbocycles. The molecule has 4 rings (SSSR count). The Balaban J connectivity index is 1.35. The van der Waals surface area contributed by atoms with Crippen molar-refractivity contribution in [3.63, 3.8) is 0 Å². The molecule has 0 bridgehead atoms. The summed E-state index contributed by atoms with van der Waals surface area (Å²) in [7, 11) is 0. The molecule has 27 heavy (non-hydrogen) atoms. The van der Waals surface area contributed by atoms with E-state index in [-0.39, 0.29) is 12.5 Å². The number of benzene rings is 2. The maximum atomic E-state index is 12.3. The molecular weight excluding hydrogens is 340 g/mol. The first kappa shape index (κ1) is 17.3. The van der Waals surface area contributed by atoms with Crippen molar-refractivity contribution in [1.82, 2.24) is 9.78 Å². The third kappa shape index (κ3) is 4.35. The number of rotatable bonds is 5. The van der Waals surface area contributed by atoms with E-state index in [0.717, 1.165) is 48.8 Å². The van der Waals surface area contributed by atoms with Crippen molar-refractivity contribution in [2.24, 2.45) is 0 Å². The minimum atomic E-state index is -0.100. The van der Waals surface area contributed by atoms with E-state index in [2.05, 4.69) is 15.3 Å². The standard InChI is InChI=1S/C21H22N4O2/c26-21(16-25-15-18(14-22-25)17-4-2-1-3-5-17)23-19-6-8-20(9-7-19)24-10-12-27-13-11-24/h1-9,14-15H,10-13,16H2,(H,23,26). The Morgan fingerprint density at radius 3 is 2.48 bits per heavy atom. The summed E-state index contributed by atoms with van der Waals surface area (Å²) in [6.07, 6.45) is 3.66. The molecule has 1 aliphatic heterocycles. The summed E-state index contributed by atoms with van der Waals surface area (Å²) >= 11 is 0. The normalized spacial score (nSPS) is 14.1. The first-order chi connectivity index (χ1) is 13.3. The van der Waals surface area contributed by atoms with Gasteiger partial charge in [0.2, 0.25) is 5.91 Å². The van der Waals surface area contributed by atoms with E-state index in [1.807, 2.05) is 60.8 Å². The molecule has 6 heteroatoms. The highest BCUT2D eigenvalue weighted by atomic mass is 16.5. The molecule has 0 unspecified atom stereocenters. The van der Waals surface area contributed by atoms with Gasteiger partial charge in [0.05, 0.1) is 19.4 Å². The zero-order chi connectivity index (χ0) is 18.5. The number of nitrogens with zero attached hydrogens (tertiary/aromatic N) is 3. The first-order valence-electron chi connectivity index (χ1n) is 9.08. The van der Waals surface area contributed by atoms with Gasteiger partial charge in [0.15, 0.2) is 0 Å². The number of carbonyl (C=O) groups excluding carboxylic acids is 1. The van der Waals surface area contributed by atoms with E-state index >= 15 is 0 Å². The topological polar surface area (TPSA) is 59.4 Å². The number of morpholine rings is 1. The largest absolute Gasteiger partial charge is 0.378 e. The van der Waals surface area contributed by atoms with Crippen LogP contribution in [0, 0.1) is 0 Å². The van der Waals surface area contributed by atoms with E-state index < -0.39 is 0 Å². The average Bonchev–Trinajstić information content (AvgIpc) is 3.18. The molecule has 0 aliphatic carbocycles. The molecule has 6 nitrogen and oxygen atoms in total. The smallest absolute Gasteiger partial charge is 0.246 e. The number of ether oxygens (including phenoxy) is 1. The highest BCUT2D eigenvalue weighted by Gasteiger charge is 2.11. The van der Waals surface area contributed by atoms with Crippen LogP contribution in [0.1, 0.15) is 0 Å². The fourth-order valence-electron chi connectivity index (χ4n) is 3.15. The molecule has 138 valence electrons. The highest BCUT2D eigenvalue weighted by molar-refractivity contribution is 5.90. The Morgan fingerprint density at radius 2 is 1.74 bits per heavy atom. The maximum absolute atomic E-state index is 12.3. The van der Waals surface area contributed by atoms with E-state index in [1.54, 1.807) is 10.9 Å². The van der Waals surface area contributed by atoms with E-state index in [1.165, 1.54) is 0 Å². The van der Waals surface area contributed by atoms with Gasteiger partial charge in [-0.1, -0.05) is 30.3 Å². The van der Waals surface area contributed by atoms with Crippen LogP contribution < -0.4 is 10.2 Å². The molecule has 2 heterocycles. The first-order valence-corrected chi connectivity index (χ1v) is 9.08. The minimum Gasteiger partial charge on any atom is -0.378 e. The summed E-state index contributed by atoms with van der Waals surface area (Å²) in [4.78, 5) is 14.6. The lowest BCUT2D eigenvalue weighted by molar-refractivity contribution is -0.116. The van der Waals surface area contributed by atoms with Crippen molar-refractivity contribution < 1.29 is 9.53 Å². The predicted octanol–water partition coefficient (Wildman–Crippen LogP) is 3.03. The van der Waals surface area contributed by atoms with Crippen molar-refractivity contribution in [2.75, 3.05) is 36.5 Å². The van der Waals surface area contributed by atoms with Gasteiger partial charge < -0.3 is 15.0 Å². The van der Waals surface area contributed by atoms with Crippen LogP contribution in [0.5, 0.6) is 0 Å². The minimum absolute atomic E-state index is 0.100. The van der Waals surface area contributed by atoms with E-state index in [9.17, 15) is 4.79 Å². The van der Waals surface area contributed by atoms with Crippen LogP contribution in [0.3, 0.4) is 0 Å². The molecule has 0 atom stereocenters. The van der Waals surface area contributed by atoms with Crippen LogP contribution in [0.4, 0.5) is 11.4 Å². The molecule has 1 aromatic heterocycles. The Labute approximate surface area is 158 Å². The molecule has 1 fully saturated rings. The number of carbonyl (C=O) groups is 1. The fourth-order valence-corrected chi connectivity index (χ4v) is 3.15. The molecular formula is C21H22N4O2. The predicted molar refractivity (Wildman–Crippen MR) is 106 cm³/mol. The summed E-state index contributed by atoms with van der Waals surface area (Å²) in [5, 5.41) is 7.21. The number of anilines is 2. The van der Waals surface area contributed by atoms with Gasteiger partial charge in [-0.2, -0.15) is 5.10 Å². The molecule has 2 aromatic carbocycles. The number of hydrogen-bond donors (Lipinski definition) is 1. The van der Waals surface area contributed by atoms with Gasteiger partial charge >= 0.3 is 0 Å². The number of nitrogens with one attached hydrogen (secondary N) is 1. The van der Waals surface area contributed by atoms with Crippen LogP contribution in [-0.2, 0) is 16.1 Å². The zero-order valence-electron chi connectivity index (χ0n) is 15.0. The van der Waals surface area contributed by atoms with Crippen LogP contribution in [0.15, 0.2) is 67.0 Å². The van der Waals surface area contributed by atoms with Crippen molar-refractivity contribution in [3.8, 4) is 11.1 Å². The average molecular weight is 362 g/mol. The molecule has 0 radical (unpaired) electrons. The van der Waals surface area contributed by atoms with Crippen molar-refractivity contribution in [2.45, 2.75) is 6.54 Å². The van der Waals surface area contributed by atoms with Gasteiger partial charge in [0.25, 0.3) is 0 Å². The Morgan fingerprint density at radius 1 is 1.00 bits per heavy atom. The van der Waals surface area contributed by atoms with Gasteiger partial charge in [-0.05, 0) is 29.8 Å². The summed E-state index contributed by atoms with van der Waals surface area (Å²) in [5.74, 6) is -0.100. The Bertz CT molecular complexity index is 884. The number of hydrogen-bond acceptors (Lipinski definition) is 4. The zero-order valence-corrected chi connectivity index (χ0v) is 15.0. The lowest BCUT2D eigenvalue weighted by atomic mass is 10.1. The lowest BCUT2D eigenvalue weighted by Crippen LogP contribution is -2.36. The number of amides is 1. The van der Waals surface area contributed by atoms with Crippen LogP contribution in [0.2, 0.25) is 0 Å². The molecule has 1 N–H and O–H groups in total. The SMILES string of the molecule is O=C(Cn1cc(-c2ccccc2)cn1)Nc1ccc(N2CCOCC2)cc1. The van der Waals surface area contributed by atoms with Gasteiger partial charge in [-0.15, -0.1) is 0 Å². The Kier molecular flexibility index (Phi) is 5.16. The monoisotopic (exact) mass is 362 g/mol. The van der Waals surface area contributed by atoms with Gasteiger partial charge in [0.1, 0.15) is 6.54 Å². The van der Waals surface area contributed by atoms with Gasteiger partial charge in [-0.25, -0.2) is 0 Å². The summed E-state index contributed by atoms with van der Waals surface area (Å²) < 4.78 is 7.03. The third-order valence-electron chi connectivity index (χ3n) is 4.57. The second-order valence-electron chi connectivity index (χ2n) is 6.49. The van der Waals surface area contributed by atoms with Crippen LogP contribution >= 0.6 is 0 Å². The van der Waals surface area contributed by atoms with Crippen molar-refractivity contribution >= 4 is 17.3 Å². The van der Waals surface area contributed by atoms with E-state index in [0.29, 0.717) is 0 Å². The Hall–Kier alpha value is -3.12. The molecule has 1 amide bonds. The summed E-state index contributed by atoms with van der Waals surface area (Å²) in [6, 6.07) is 17.9. The molecule has 1 saturated heterocycles. The number of aromatic nitrogens is 2. The molecule has 0 spiro atoms. The van der Waals surface area contributed by atoms with Crippen LogP contribution in [0.25, 0.3) is 11.1 Å². The van der Waals surface area contributed by atoms with Gasteiger partial charge in [0, 0.05) is 36.2 Å². The second-order valence-corrected chi connectivity index (χ2v) is 6.49. The van der Waals surface area contributed by atoms with E-state index in [4.69, 9.17) is 4.74 Å². The van der Waals surface area contributed by atoms with Crippen LogP contribution in [-0.4, -0.2) is 42.0 Å². The molecule has 3 aromatic rings. The van der Waals surface area contributed by atoms with Crippen molar-refractivity contribution in [1.29, 1.82) is 0 Å². The fraction of sp³-hybridized carbons (Fsp3) is 0.238. The summed E-state index contributed by atoms with van der Waals surface area (Å²) in [6.45, 7) is 3.49. The van der Waals surface area contributed by atoms with Crippen molar-refractivity contribution in [3.05, 3.63) is 67.0 Å². The highest BCUT2D eigenvalue weighted by Crippen LogP contribution is 2.20.